The summed E-state index contributed by atoms with van der Waals surface area (Å²) in [7, 11) is 0. The minimum Gasteiger partial charge on any atom is -0.445 e. The predicted molar refractivity (Wildman–Crippen MR) is 148 cm³/mol. The van der Waals surface area contributed by atoms with Gasteiger partial charge < -0.3 is 40.2 Å². The van der Waals surface area contributed by atoms with Gasteiger partial charge in [0.05, 0.1) is 31.0 Å². The van der Waals surface area contributed by atoms with Crippen LogP contribution in [0.4, 0.5) is 10.6 Å². The summed E-state index contributed by atoms with van der Waals surface area (Å²) in [5.41, 5.74) is 10.1. The highest BCUT2D eigenvalue weighted by molar-refractivity contribution is 5.89. The first-order valence-electron chi connectivity index (χ1n) is 13.4. The maximum Gasteiger partial charge on any atom is 0.410 e. The summed E-state index contributed by atoms with van der Waals surface area (Å²) >= 11 is 0. The van der Waals surface area contributed by atoms with Crippen LogP contribution in [0.25, 0.3) is 11.0 Å². The fraction of sp³-hybridized carbons (Fsp3) is 0.500. The number of aromatic nitrogens is 3. The number of nitrogens with zero attached hydrogens (tertiary/aromatic N) is 4. The van der Waals surface area contributed by atoms with Crippen LogP contribution in [-0.4, -0.2) is 68.0 Å². The summed E-state index contributed by atoms with van der Waals surface area (Å²) in [4.78, 5) is 35.3. The van der Waals surface area contributed by atoms with E-state index in [1.165, 1.54) is 6.92 Å². The number of pyridine rings is 1. The van der Waals surface area contributed by atoms with Gasteiger partial charge >= 0.3 is 6.09 Å². The van der Waals surface area contributed by atoms with Crippen LogP contribution in [0.3, 0.4) is 0 Å². The predicted octanol–water partition coefficient (Wildman–Crippen LogP) is 1.87. The van der Waals surface area contributed by atoms with Crippen molar-refractivity contribution in [2.24, 2.45) is 5.41 Å². The highest BCUT2D eigenvalue weighted by Gasteiger charge is 2.31. The maximum absolute atomic E-state index is 13.0. The van der Waals surface area contributed by atoms with Crippen LogP contribution in [0.2, 0.25) is 0 Å². The summed E-state index contributed by atoms with van der Waals surface area (Å²) in [6, 6.07) is 7.48. The van der Waals surface area contributed by atoms with Crippen LogP contribution in [0.1, 0.15) is 49.0 Å². The molecule has 1 aliphatic heterocycles. The van der Waals surface area contributed by atoms with E-state index < -0.39 is 11.5 Å². The molecule has 0 fully saturated rings. The zero-order chi connectivity index (χ0) is 28.9. The first-order valence-corrected chi connectivity index (χ1v) is 13.4. The number of fused-ring (bicyclic) bond motifs is 3. The summed E-state index contributed by atoms with van der Waals surface area (Å²) in [5.74, 6) is 0.733. The quantitative estimate of drug-likeness (QED) is 0.277. The molecule has 0 aliphatic carbocycles. The molecule has 0 atom stereocenters. The number of carbonyl (C=O) groups is 2. The number of hydrogen-bond acceptors (Lipinski definition) is 9. The number of benzene rings is 1. The van der Waals surface area contributed by atoms with Crippen molar-refractivity contribution in [1.29, 1.82) is 0 Å². The molecule has 12 heteroatoms. The number of amides is 2. The highest BCUT2D eigenvalue weighted by atomic mass is 16.6. The van der Waals surface area contributed by atoms with Crippen molar-refractivity contribution in [2.75, 3.05) is 32.1 Å². The second kappa shape index (κ2) is 12.6. The molecule has 0 spiro atoms. The third-order valence-electron chi connectivity index (χ3n) is 7.15. The van der Waals surface area contributed by atoms with Crippen molar-refractivity contribution < 1.29 is 29.3 Å². The average molecular weight is 555 g/mol. The molecule has 0 radical (unpaired) electrons. The Morgan fingerprint density at radius 2 is 1.88 bits per heavy atom. The first-order chi connectivity index (χ1) is 19.2. The number of aliphatic hydroxyl groups excluding tert-OH is 2. The van der Waals surface area contributed by atoms with E-state index in [0.29, 0.717) is 49.7 Å². The lowest BCUT2D eigenvalue weighted by Gasteiger charge is -2.30. The molecule has 3 heterocycles. The summed E-state index contributed by atoms with van der Waals surface area (Å²) in [5, 5.41) is 22.7. The third-order valence-corrected chi connectivity index (χ3v) is 7.15. The van der Waals surface area contributed by atoms with E-state index in [0.717, 1.165) is 22.2 Å². The number of nitrogen functional groups attached to an aromatic ring is 1. The Morgan fingerprint density at radius 1 is 1.15 bits per heavy atom. The number of ether oxygens (including phenoxy) is 2. The van der Waals surface area contributed by atoms with Gasteiger partial charge in [0, 0.05) is 44.1 Å². The monoisotopic (exact) mass is 554 g/mol. The van der Waals surface area contributed by atoms with Gasteiger partial charge in [-0.05, 0) is 24.5 Å². The second-order valence-corrected chi connectivity index (χ2v) is 10.4. The fourth-order valence-electron chi connectivity index (χ4n) is 4.77. The normalized spacial score (nSPS) is 13.4. The van der Waals surface area contributed by atoms with E-state index in [9.17, 15) is 19.8 Å². The first kappa shape index (κ1) is 29.2. The van der Waals surface area contributed by atoms with Crippen LogP contribution in [-0.2, 0) is 53.5 Å². The van der Waals surface area contributed by atoms with Gasteiger partial charge in [-0.2, -0.15) is 0 Å². The van der Waals surface area contributed by atoms with Gasteiger partial charge in [-0.1, -0.05) is 31.2 Å². The largest absolute Gasteiger partial charge is 0.445 e. The summed E-state index contributed by atoms with van der Waals surface area (Å²) in [6.45, 7) is 6.81. The lowest BCUT2D eigenvalue weighted by Crippen LogP contribution is -2.37. The maximum atomic E-state index is 13.0. The molecular weight excluding hydrogens is 516 g/mol. The average Bonchev–Trinajstić information content (AvgIpc) is 3.31. The molecule has 3 aromatic rings. The second-order valence-electron chi connectivity index (χ2n) is 10.4. The van der Waals surface area contributed by atoms with E-state index >= 15 is 0 Å². The number of imidazole rings is 1. The van der Waals surface area contributed by atoms with Gasteiger partial charge in [-0.3, -0.25) is 4.79 Å². The van der Waals surface area contributed by atoms with Crippen molar-refractivity contribution in [3.05, 3.63) is 52.5 Å². The molecule has 0 saturated carbocycles. The molecule has 0 bridgehead atoms. The van der Waals surface area contributed by atoms with Gasteiger partial charge in [0.2, 0.25) is 5.91 Å². The molecule has 1 aliphatic rings. The summed E-state index contributed by atoms with van der Waals surface area (Å²) < 4.78 is 13.2. The van der Waals surface area contributed by atoms with Crippen LogP contribution in [0, 0.1) is 5.41 Å². The summed E-state index contributed by atoms with van der Waals surface area (Å²) in [6.07, 6.45) is 0.0290. The Kier molecular flexibility index (Phi) is 9.23. The van der Waals surface area contributed by atoms with E-state index in [4.69, 9.17) is 20.2 Å². The van der Waals surface area contributed by atoms with Crippen molar-refractivity contribution in [3.8, 4) is 0 Å². The Hall–Kier alpha value is -3.74. The van der Waals surface area contributed by atoms with Crippen LogP contribution >= 0.6 is 0 Å². The third kappa shape index (κ3) is 6.35. The van der Waals surface area contributed by atoms with Gasteiger partial charge in [-0.15, -0.1) is 0 Å². The standard InChI is InChI=1S/C28H38N6O6/c1-4-39-14-23-32-24-25(34(23)15-28(3,16-35)17-36)21-9-10-33(12-22(21)31-26(24)29)27(38)40-13-20-8-6-5-7-19(20)11-30-18(2)37/h5-8,35-36H,4,9-17H2,1-3H3,(H2,29,31)(H,30,37). The lowest BCUT2D eigenvalue weighted by molar-refractivity contribution is -0.119. The van der Waals surface area contributed by atoms with E-state index in [2.05, 4.69) is 10.3 Å². The molecule has 4 rings (SSSR count). The van der Waals surface area contributed by atoms with Crippen LogP contribution < -0.4 is 11.1 Å². The van der Waals surface area contributed by atoms with Crippen LogP contribution in [0.15, 0.2) is 24.3 Å². The number of nitrogens with two attached hydrogens (primary N) is 1. The molecule has 0 unspecified atom stereocenters. The van der Waals surface area contributed by atoms with Crippen molar-refractivity contribution in [1.82, 2.24) is 24.8 Å². The molecule has 12 nitrogen and oxygen atoms in total. The Labute approximate surface area is 233 Å². The minimum absolute atomic E-state index is 0.0704. The van der Waals surface area contributed by atoms with Gasteiger partial charge in [0.15, 0.2) is 5.82 Å². The number of nitrogens with one attached hydrogen (secondary N) is 1. The molecule has 216 valence electrons. The van der Waals surface area contributed by atoms with Gasteiger partial charge in [0.25, 0.3) is 0 Å². The molecule has 2 amide bonds. The number of aliphatic hydroxyl groups is 2. The SMILES string of the molecule is CCOCc1nc2c(N)nc3c(c2n1CC(C)(CO)CO)CCN(C(=O)OCc1ccccc1CNC(C)=O)C3. The number of carbonyl (C=O) groups excluding carboxylic acids is 2. The molecular formula is C28H38N6O6. The van der Waals surface area contributed by atoms with E-state index in [1.54, 1.807) is 11.8 Å². The number of hydrogen-bond donors (Lipinski definition) is 4. The Morgan fingerprint density at radius 3 is 2.55 bits per heavy atom. The van der Waals surface area contributed by atoms with E-state index in [-0.39, 0.29) is 44.7 Å². The smallest absolute Gasteiger partial charge is 0.410 e. The molecule has 1 aromatic carbocycles. The topological polar surface area (TPSA) is 165 Å². The minimum atomic E-state index is -0.791. The van der Waals surface area contributed by atoms with Gasteiger partial charge in [-0.25, -0.2) is 14.8 Å². The highest BCUT2D eigenvalue weighted by Crippen LogP contribution is 2.33. The van der Waals surface area contributed by atoms with Crippen LogP contribution in [0.5, 0.6) is 0 Å². The fourth-order valence-corrected chi connectivity index (χ4v) is 4.77. The molecule has 2 aromatic heterocycles. The zero-order valence-electron chi connectivity index (χ0n) is 23.3. The van der Waals surface area contributed by atoms with Gasteiger partial charge in [0.1, 0.15) is 24.6 Å². The number of anilines is 1. The Balaban J connectivity index is 1.58. The molecule has 0 saturated heterocycles. The Bertz CT molecular complexity index is 1370. The van der Waals surface area contributed by atoms with Crippen molar-refractivity contribution in [2.45, 2.75) is 60.0 Å². The van der Waals surface area contributed by atoms with E-state index in [1.807, 2.05) is 35.8 Å². The van der Waals surface area contributed by atoms with Crippen molar-refractivity contribution >= 4 is 28.9 Å². The molecule has 5 N–H and O–H groups in total. The lowest BCUT2D eigenvalue weighted by atomic mass is 9.92. The van der Waals surface area contributed by atoms with Crippen molar-refractivity contribution in [3.63, 3.8) is 0 Å². The molecule has 40 heavy (non-hydrogen) atoms. The number of rotatable bonds is 11. The zero-order valence-corrected chi connectivity index (χ0v) is 23.3.